The van der Waals surface area contributed by atoms with Crippen molar-refractivity contribution in [2.75, 3.05) is 25.2 Å². The maximum atomic E-state index is 5.66. The van der Waals surface area contributed by atoms with E-state index in [1.165, 1.54) is 45.6 Å². The minimum atomic E-state index is -0.700. The quantitative estimate of drug-likeness (QED) is 0.333. The molecule has 0 unspecified atom stereocenters. The molecule has 1 aliphatic heterocycles. The van der Waals surface area contributed by atoms with Crippen LogP contribution in [0.2, 0.25) is 0 Å². The van der Waals surface area contributed by atoms with Gasteiger partial charge in [-0.15, -0.1) is 0 Å². The van der Waals surface area contributed by atoms with Crippen molar-refractivity contribution >= 4 is 29.5 Å². The van der Waals surface area contributed by atoms with Crippen LogP contribution in [0, 0.1) is 0 Å². The molecular formula is C30H30NOP. The number of ether oxygens (including phenoxy) is 1. The van der Waals surface area contributed by atoms with Gasteiger partial charge in [0.05, 0.1) is 18.3 Å². The molecule has 1 aliphatic rings. The summed E-state index contributed by atoms with van der Waals surface area (Å²) in [6.07, 6.45) is 2.37. The van der Waals surface area contributed by atoms with Gasteiger partial charge in [0.15, 0.2) is 0 Å². The van der Waals surface area contributed by atoms with Crippen molar-refractivity contribution in [3.8, 4) is 11.1 Å². The first-order valence-corrected chi connectivity index (χ1v) is 13.0. The second-order valence-corrected chi connectivity index (χ2v) is 10.7. The molecule has 1 heterocycles. The summed E-state index contributed by atoms with van der Waals surface area (Å²) in [6, 6.07) is 40.2. The van der Waals surface area contributed by atoms with Crippen LogP contribution in [-0.4, -0.2) is 26.3 Å². The van der Waals surface area contributed by atoms with E-state index in [-0.39, 0.29) is 0 Å². The van der Waals surface area contributed by atoms with Gasteiger partial charge in [0.1, 0.15) is 0 Å². The van der Waals surface area contributed by atoms with E-state index in [2.05, 4.69) is 114 Å². The molecule has 0 amide bonds. The van der Waals surface area contributed by atoms with Crippen LogP contribution in [-0.2, 0) is 4.74 Å². The molecule has 0 aromatic heterocycles. The Balaban J connectivity index is 1.75. The van der Waals surface area contributed by atoms with Crippen molar-refractivity contribution in [3.05, 3.63) is 109 Å². The van der Waals surface area contributed by atoms with Crippen LogP contribution in [0.5, 0.6) is 0 Å². The van der Waals surface area contributed by atoms with Crippen LogP contribution in [0.4, 0.5) is 5.69 Å². The third kappa shape index (κ3) is 4.60. The fourth-order valence-electron chi connectivity index (χ4n) is 4.94. The average Bonchev–Trinajstić information content (AvgIpc) is 3.34. The summed E-state index contributed by atoms with van der Waals surface area (Å²) >= 11 is 0. The number of para-hydroxylation sites is 1. The van der Waals surface area contributed by atoms with E-state index in [4.69, 9.17) is 4.74 Å². The first-order valence-electron chi connectivity index (χ1n) is 11.7. The fourth-order valence-corrected chi connectivity index (χ4v) is 7.43. The number of rotatable bonds is 7. The van der Waals surface area contributed by atoms with Gasteiger partial charge in [-0.25, -0.2) is 0 Å². The molecule has 3 heteroatoms. The van der Waals surface area contributed by atoms with Gasteiger partial charge in [0.25, 0.3) is 0 Å². The second kappa shape index (κ2) is 10.3. The maximum Gasteiger partial charge on any atom is 0.0666 e. The highest BCUT2D eigenvalue weighted by atomic mass is 31.1. The van der Waals surface area contributed by atoms with E-state index in [0.29, 0.717) is 6.04 Å². The number of nitrogens with zero attached hydrogens (tertiary/aromatic N) is 1. The lowest BCUT2D eigenvalue weighted by Gasteiger charge is -2.33. The van der Waals surface area contributed by atoms with E-state index >= 15 is 0 Å². The second-order valence-electron chi connectivity index (χ2n) is 8.49. The predicted octanol–water partition coefficient (Wildman–Crippen LogP) is 5.73. The normalized spacial score (nSPS) is 15.8. The Morgan fingerprint density at radius 1 is 0.758 bits per heavy atom. The van der Waals surface area contributed by atoms with Gasteiger partial charge in [-0.05, 0) is 36.9 Å². The highest BCUT2D eigenvalue weighted by molar-refractivity contribution is 7.80. The van der Waals surface area contributed by atoms with Crippen LogP contribution in [0.25, 0.3) is 11.1 Å². The van der Waals surface area contributed by atoms with Gasteiger partial charge in [-0.1, -0.05) is 109 Å². The standard InChI is InChI=1S/C30H30NOP/c1-32-23-25-15-12-22-31(25)30-28(24-13-5-2-6-14-24)20-11-21-29(30)33(26-16-7-3-8-17-26)27-18-9-4-10-19-27/h2-11,13-14,16-21,25H,12,15,22-23H2,1H3/t25-/m1/s1. The lowest BCUT2D eigenvalue weighted by atomic mass is 10.0. The van der Waals surface area contributed by atoms with E-state index in [9.17, 15) is 0 Å². The van der Waals surface area contributed by atoms with Crippen molar-refractivity contribution in [3.63, 3.8) is 0 Å². The summed E-state index contributed by atoms with van der Waals surface area (Å²) in [5, 5.41) is 4.19. The lowest BCUT2D eigenvalue weighted by Crippen LogP contribution is -2.37. The summed E-state index contributed by atoms with van der Waals surface area (Å²) in [6.45, 7) is 1.83. The molecule has 1 atom stereocenters. The van der Waals surface area contributed by atoms with Crippen molar-refractivity contribution in [2.45, 2.75) is 18.9 Å². The van der Waals surface area contributed by atoms with Crippen LogP contribution < -0.4 is 20.8 Å². The molecule has 0 radical (unpaired) electrons. The number of anilines is 1. The van der Waals surface area contributed by atoms with Crippen LogP contribution in [0.1, 0.15) is 12.8 Å². The predicted molar refractivity (Wildman–Crippen MR) is 143 cm³/mol. The van der Waals surface area contributed by atoms with Gasteiger partial charge >= 0.3 is 0 Å². The minimum absolute atomic E-state index is 0.405. The Hall–Kier alpha value is -2.93. The van der Waals surface area contributed by atoms with Crippen molar-refractivity contribution in [1.82, 2.24) is 0 Å². The largest absolute Gasteiger partial charge is 0.383 e. The molecule has 4 aromatic carbocycles. The Morgan fingerprint density at radius 2 is 1.36 bits per heavy atom. The Morgan fingerprint density at radius 3 is 1.97 bits per heavy atom. The average molecular weight is 452 g/mol. The zero-order valence-corrected chi connectivity index (χ0v) is 20.0. The maximum absolute atomic E-state index is 5.66. The fraction of sp³-hybridized carbons (Fsp3) is 0.200. The molecule has 0 aliphatic carbocycles. The van der Waals surface area contributed by atoms with Gasteiger partial charge in [0.2, 0.25) is 0 Å². The molecule has 0 spiro atoms. The van der Waals surface area contributed by atoms with Gasteiger partial charge in [-0.3, -0.25) is 0 Å². The highest BCUT2D eigenvalue weighted by Gasteiger charge is 2.31. The topological polar surface area (TPSA) is 12.5 Å². The Labute approximate surface area is 198 Å². The molecule has 33 heavy (non-hydrogen) atoms. The summed E-state index contributed by atoms with van der Waals surface area (Å²) < 4.78 is 5.66. The molecule has 0 saturated carbocycles. The van der Waals surface area contributed by atoms with E-state index in [1.807, 2.05) is 7.11 Å². The molecule has 4 aromatic rings. The van der Waals surface area contributed by atoms with E-state index < -0.39 is 7.92 Å². The highest BCUT2D eigenvalue weighted by Crippen LogP contribution is 2.42. The third-order valence-electron chi connectivity index (χ3n) is 6.39. The molecule has 1 fully saturated rings. The van der Waals surface area contributed by atoms with Crippen molar-refractivity contribution < 1.29 is 4.74 Å². The number of methoxy groups -OCH3 is 1. The summed E-state index contributed by atoms with van der Waals surface area (Å²) in [4.78, 5) is 2.63. The van der Waals surface area contributed by atoms with Gasteiger partial charge in [0, 0.05) is 24.5 Å². The minimum Gasteiger partial charge on any atom is -0.383 e. The smallest absolute Gasteiger partial charge is 0.0666 e. The third-order valence-corrected chi connectivity index (χ3v) is 8.86. The zero-order valence-electron chi connectivity index (χ0n) is 19.1. The molecular weight excluding hydrogens is 421 g/mol. The number of hydrogen-bond donors (Lipinski definition) is 0. The lowest BCUT2D eigenvalue weighted by molar-refractivity contribution is 0.181. The zero-order chi connectivity index (χ0) is 22.5. The van der Waals surface area contributed by atoms with Crippen LogP contribution >= 0.6 is 7.92 Å². The SMILES string of the molecule is COC[C@H]1CCCN1c1c(-c2ccccc2)cccc1P(c1ccccc1)c1ccccc1. The number of benzene rings is 4. The van der Waals surface area contributed by atoms with Crippen molar-refractivity contribution in [1.29, 1.82) is 0 Å². The summed E-state index contributed by atoms with van der Waals surface area (Å²) in [5.41, 5.74) is 3.96. The monoisotopic (exact) mass is 451 g/mol. The van der Waals surface area contributed by atoms with E-state index in [1.54, 1.807) is 0 Å². The van der Waals surface area contributed by atoms with Gasteiger partial charge in [-0.2, -0.15) is 0 Å². The van der Waals surface area contributed by atoms with Gasteiger partial charge < -0.3 is 9.64 Å². The Kier molecular flexibility index (Phi) is 6.86. The molecule has 0 N–H and O–H groups in total. The summed E-state index contributed by atoms with van der Waals surface area (Å²) in [7, 11) is 1.12. The van der Waals surface area contributed by atoms with Crippen molar-refractivity contribution in [2.24, 2.45) is 0 Å². The summed E-state index contributed by atoms with van der Waals surface area (Å²) in [5.74, 6) is 0. The Bertz CT molecular complexity index is 1120. The first-order chi connectivity index (χ1) is 16.4. The molecule has 0 bridgehead atoms. The van der Waals surface area contributed by atoms with E-state index in [0.717, 1.165) is 13.2 Å². The van der Waals surface area contributed by atoms with Crippen LogP contribution in [0.15, 0.2) is 109 Å². The molecule has 166 valence electrons. The molecule has 1 saturated heterocycles. The molecule has 2 nitrogen and oxygen atoms in total. The molecule has 5 rings (SSSR count). The number of hydrogen-bond acceptors (Lipinski definition) is 2. The van der Waals surface area contributed by atoms with Crippen LogP contribution in [0.3, 0.4) is 0 Å². The first kappa shape index (κ1) is 21.9.